The molecule has 0 saturated carbocycles. The van der Waals surface area contributed by atoms with E-state index in [1.165, 1.54) is 5.56 Å². The molecule has 0 unspecified atom stereocenters. The molecule has 32 heavy (non-hydrogen) atoms. The maximum atomic E-state index is 12.3. The van der Waals surface area contributed by atoms with Crippen LogP contribution < -0.4 is 10.1 Å². The van der Waals surface area contributed by atoms with E-state index in [-0.39, 0.29) is 12.3 Å². The summed E-state index contributed by atoms with van der Waals surface area (Å²) in [6.07, 6.45) is 2.14. The van der Waals surface area contributed by atoms with Crippen LogP contribution in [0.5, 0.6) is 11.6 Å². The molecule has 1 amide bonds. The molecule has 0 fully saturated rings. The number of anilines is 1. The van der Waals surface area contributed by atoms with Crippen LogP contribution in [0.15, 0.2) is 65.2 Å². The predicted molar refractivity (Wildman–Crippen MR) is 122 cm³/mol. The van der Waals surface area contributed by atoms with E-state index in [0.29, 0.717) is 29.8 Å². The molecule has 2 heterocycles. The molecule has 162 valence electrons. The lowest BCUT2D eigenvalue weighted by molar-refractivity contribution is -0.116. The first-order valence-corrected chi connectivity index (χ1v) is 10.4. The molecule has 0 aliphatic heterocycles. The van der Waals surface area contributed by atoms with Crippen LogP contribution in [0, 0.1) is 20.8 Å². The molecule has 7 heteroatoms. The number of nitrogens with one attached hydrogen (secondary N) is 1. The fourth-order valence-electron chi connectivity index (χ4n) is 3.02. The van der Waals surface area contributed by atoms with Gasteiger partial charge in [-0.1, -0.05) is 23.8 Å². The lowest BCUT2D eigenvalue weighted by Gasteiger charge is -2.08. The minimum Gasteiger partial charge on any atom is -0.439 e. The van der Waals surface area contributed by atoms with Gasteiger partial charge < -0.3 is 14.5 Å². The molecular weight excluding hydrogens is 404 g/mol. The second kappa shape index (κ2) is 9.43. The minimum atomic E-state index is -0.162. The average Bonchev–Trinajstić information content (AvgIpc) is 3.26. The Bertz CT molecular complexity index is 1210. The maximum Gasteiger partial charge on any atom is 0.247 e. The van der Waals surface area contributed by atoms with Crippen molar-refractivity contribution < 1.29 is 13.9 Å². The number of hydrogen-bond acceptors (Lipinski definition) is 6. The number of aryl methyl sites for hydroxylation is 4. The van der Waals surface area contributed by atoms with Gasteiger partial charge in [0.05, 0.1) is 11.9 Å². The Morgan fingerprint density at radius 2 is 1.78 bits per heavy atom. The van der Waals surface area contributed by atoms with Crippen molar-refractivity contribution in [2.24, 2.45) is 0 Å². The zero-order valence-corrected chi connectivity index (χ0v) is 18.3. The zero-order chi connectivity index (χ0) is 22.5. The highest BCUT2D eigenvalue weighted by Crippen LogP contribution is 2.23. The van der Waals surface area contributed by atoms with Crippen molar-refractivity contribution >= 4 is 11.6 Å². The van der Waals surface area contributed by atoms with Crippen LogP contribution in [0.25, 0.3) is 11.5 Å². The molecule has 0 bridgehead atoms. The summed E-state index contributed by atoms with van der Waals surface area (Å²) < 4.78 is 11.4. The van der Waals surface area contributed by atoms with Gasteiger partial charge in [0.2, 0.25) is 23.6 Å². The Kier molecular flexibility index (Phi) is 6.26. The largest absolute Gasteiger partial charge is 0.439 e. The lowest BCUT2D eigenvalue weighted by atomic mass is 10.1. The second-order valence-electron chi connectivity index (χ2n) is 7.65. The van der Waals surface area contributed by atoms with Crippen LogP contribution >= 0.6 is 0 Å². The number of pyridine rings is 1. The third kappa shape index (κ3) is 5.37. The van der Waals surface area contributed by atoms with Gasteiger partial charge in [0.25, 0.3) is 0 Å². The standard InChI is InChI=1S/C25H24N4O3/c1-16-4-7-19(8-5-16)25-29-28-24(32-25)13-11-22(30)27-20-9-12-23(26-15-20)31-21-10-6-17(2)18(3)14-21/h4-10,12,14-15H,11,13H2,1-3H3,(H,27,30). The smallest absolute Gasteiger partial charge is 0.247 e. The number of aromatic nitrogens is 3. The van der Waals surface area contributed by atoms with Crippen LogP contribution in [0.2, 0.25) is 0 Å². The number of carbonyl (C=O) groups is 1. The molecule has 4 rings (SSSR count). The molecule has 0 atom stereocenters. The Morgan fingerprint density at radius 1 is 0.969 bits per heavy atom. The van der Waals surface area contributed by atoms with Gasteiger partial charge in [-0.2, -0.15) is 0 Å². The minimum absolute atomic E-state index is 0.162. The summed E-state index contributed by atoms with van der Waals surface area (Å²) in [6, 6.07) is 17.2. The fourth-order valence-corrected chi connectivity index (χ4v) is 3.02. The number of carbonyl (C=O) groups excluding carboxylic acids is 1. The first-order valence-electron chi connectivity index (χ1n) is 10.4. The monoisotopic (exact) mass is 428 g/mol. The molecular formula is C25H24N4O3. The van der Waals surface area contributed by atoms with E-state index in [1.54, 1.807) is 18.3 Å². The van der Waals surface area contributed by atoms with Crippen LogP contribution in [0.3, 0.4) is 0 Å². The van der Waals surface area contributed by atoms with E-state index in [2.05, 4.69) is 27.4 Å². The van der Waals surface area contributed by atoms with E-state index in [1.807, 2.05) is 56.3 Å². The average molecular weight is 428 g/mol. The van der Waals surface area contributed by atoms with E-state index in [9.17, 15) is 4.79 Å². The molecule has 0 aliphatic carbocycles. The number of benzene rings is 2. The molecule has 4 aromatic rings. The number of hydrogen-bond donors (Lipinski definition) is 1. The van der Waals surface area contributed by atoms with Crippen molar-refractivity contribution in [3.05, 3.63) is 83.4 Å². The summed E-state index contributed by atoms with van der Waals surface area (Å²) in [6.45, 7) is 6.10. The SMILES string of the molecule is Cc1ccc(-c2nnc(CCC(=O)Nc3ccc(Oc4ccc(C)c(C)c4)nc3)o2)cc1. The Labute approximate surface area is 186 Å². The quantitative estimate of drug-likeness (QED) is 0.423. The van der Waals surface area contributed by atoms with Crippen molar-refractivity contribution in [2.45, 2.75) is 33.6 Å². The van der Waals surface area contributed by atoms with Gasteiger partial charge in [-0.3, -0.25) is 4.79 Å². The van der Waals surface area contributed by atoms with E-state index in [4.69, 9.17) is 9.15 Å². The molecule has 0 spiro atoms. The summed E-state index contributed by atoms with van der Waals surface area (Å²) in [5.74, 6) is 1.89. The highest BCUT2D eigenvalue weighted by atomic mass is 16.5. The molecule has 0 aliphatic rings. The van der Waals surface area contributed by atoms with Crippen LogP contribution in [0.4, 0.5) is 5.69 Å². The number of ether oxygens (including phenoxy) is 1. The third-order valence-corrected chi connectivity index (χ3v) is 5.05. The lowest BCUT2D eigenvalue weighted by Crippen LogP contribution is -2.12. The van der Waals surface area contributed by atoms with Crippen LogP contribution in [0.1, 0.15) is 29.0 Å². The van der Waals surface area contributed by atoms with Crippen LogP contribution in [-0.4, -0.2) is 21.1 Å². The summed E-state index contributed by atoms with van der Waals surface area (Å²) in [5, 5.41) is 10.9. The maximum absolute atomic E-state index is 12.3. The first kappa shape index (κ1) is 21.2. The Hall–Kier alpha value is -4.00. The number of amides is 1. The highest BCUT2D eigenvalue weighted by molar-refractivity contribution is 5.90. The summed E-state index contributed by atoms with van der Waals surface area (Å²) in [5.41, 5.74) is 4.96. The normalized spacial score (nSPS) is 10.7. The number of nitrogens with zero attached hydrogens (tertiary/aromatic N) is 3. The van der Waals surface area contributed by atoms with Crippen LogP contribution in [-0.2, 0) is 11.2 Å². The van der Waals surface area contributed by atoms with Crippen molar-refractivity contribution in [2.75, 3.05) is 5.32 Å². The summed E-state index contributed by atoms with van der Waals surface area (Å²) in [4.78, 5) is 16.5. The van der Waals surface area contributed by atoms with Crippen molar-refractivity contribution in [1.29, 1.82) is 0 Å². The van der Waals surface area contributed by atoms with Gasteiger partial charge in [0.15, 0.2) is 0 Å². The molecule has 1 N–H and O–H groups in total. The summed E-state index contributed by atoms with van der Waals surface area (Å²) >= 11 is 0. The van der Waals surface area contributed by atoms with Crippen molar-refractivity contribution in [3.63, 3.8) is 0 Å². The Morgan fingerprint density at radius 3 is 2.50 bits per heavy atom. The molecule has 0 radical (unpaired) electrons. The number of rotatable bonds is 7. The van der Waals surface area contributed by atoms with Crippen molar-refractivity contribution in [1.82, 2.24) is 15.2 Å². The van der Waals surface area contributed by atoms with Gasteiger partial charge in [-0.05, 0) is 62.2 Å². The molecule has 2 aromatic heterocycles. The van der Waals surface area contributed by atoms with Gasteiger partial charge in [-0.25, -0.2) is 4.98 Å². The predicted octanol–water partition coefficient (Wildman–Crippen LogP) is 5.42. The highest BCUT2D eigenvalue weighted by Gasteiger charge is 2.11. The van der Waals surface area contributed by atoms with Gasteiger partial charge in [0, 0.05) is 24.5 Å². The van der Waals surface area contributed by atoms with E-state index >= 15 is 0 Å². The summed E-state index contributed by atoms with van der Waals surface area (Å²) in [7, 11) is 0. The fraction of sp³-hybridized carbons (Fsp3) is 0.200. The molecule has 2 aromatic carbocycles. The topological polar surface area (TPSA) is 90.1 Å². The van der Waals surface area contributed by atoms with Gasteiger partial charge in [0.1, 0.15) is 5.75 Å². The second-order valence-corrected chi connectivity index (χ2v) is 7.65. The Balaban J connectivity index is 1.28. The zero-order valence-electron chi connectivity index (χ0n) is 18.3. The third-order valence-electron chi connectivity index (χ3n) is 5.05. The van der Waals surface area contributed by atoms with Crippen molar-refractivity contribution in [3.8, 4) is 23.1 Å². The van der Waals surface area contributed by atoms with E-state index < -0.39 is 0 Å². The van der Waals surface area contributed by atoms with Gasteiger partial charge in [-0.15, -0.1) is 10.2 Å². The van der Waals surface area contributed by atoms with Gasteiger partial charge >= 0.3 is 0 Å². The molecule has 0 saturated heterocycles. The molecule has 7 nitrogen and oxygen atoms in total. The van der Waals surface area contributed by atoms with E-state index in [0.717, 1.165) is 22.4 Å². The first-order chi connectivity index (χ1) is 15.5.